The molecule has 0 spiro atoms. The van der Waals surface area contributed by atoms with Crippen LogP contribution in [0.5, 0.6) is 0 Å². The van der Waals surface area contributed by atoms with Gasteiger partial charge in [-0.3, -0.25) is 4.79 Å². The number of nitrogens with zero attached hydrogens (tertiary/aromatic N) is 1. The lowest BCUT2D eigenvalue weighted by Crippen LogP contribution is -2.33. The predicted molar refractivity (Wildman–Crippen MR) is 193 cm³/mol. The summed E-state index contributed by atoms with van der Waals surface area (Å²) in [6, 6.07) is 31.4. The van der Waals surface area contributed by atoms with Crippen molar-refractivity contribution in [3.05, 3.63) is 131 Å². The van der Waals surface area contributed by atoms with Crippen molar-refractivity contribution in [1.29, 1.82) is 0 Å². The number of sulfone groups is 2. The summed E-state index contributed by atoms with van der Waals surface area (Å²) in [6.45, 7) is 16.4. The van der Waals surface area contributed by atoms with Gasteiger partial charge in [-0.25, -0.2) is 16.8 Å². The van der Waals surface area contributed by atoms with Crippen LogP contribution in [0, 0.1) is 13.8 Å². The van der Waals surface area contributed by atoms with E-state index in [1.54, 1.807) is 35.2 Å². The summed E-state index contributed by atoms with van der Waals surface area (Å²) < 4.78 is 51.6. The fourth-order valence-corrected chi connectivity index (χ4v) is 9.43. The third-order valence-corrected chi connectivity index (χ3v) is 12.6. The molecule has 0 saturated carbocycles. The van der Waals surface area contributed by atoms with E-state index in [-0.39, 0.29) is 27.9 Å². The maximum atomic E-state index is 13.3. The molecule has 0 aliphatic rings. The standard InChI is InChI=1S/C22H29NO3S.C17H20O2S/c1-6-23(7-2)21(24)19-15-17(3)13-14-20(19)27(25,26)16-22(4,5)18-11-9-8-10-12-18;1-14-9-11-16(12-10-14)20(18,19)13-17(2,3)15-7-5-4-6-8-15/h8-15H,6-7,16H2,1-5H3;4-12H,13H2,1-3H3. The minimum absolute atomic E-state index is 0.0639. The van der Waals surface area contributed by atoms with Crippen molar-refractivity contribution in [2.24, 2.45) is 0 Å². The zero-order valence-electron chi connectivity index (χ0n) is 28.9. The van der Waals surface area contributed by atoms with E-state index < -0.39 is 30.5 Å². The van der Waals surface area contributed by atoms with Gasteiger partial charge in [0, 0.05) is 23.9 Å². The van der Waals surface area contributed by atoms with E-state index in [9.17, 15) is 21.6 Å². The predicted octanol–water partition coefficient (Wildman–Crippen LogP) is 7.98. The second kappa shape index (κ2) is 15.4. The summed E-state index contributed by atoms with van der Waals surface area (Å²) in [5.41, 5.74) is 3.21. The van der Waals surface area contributed by atoms with Gasteiger partial charge in [0.25, 0.3) is 5.91 Å². The van der Waals surface area contributed by atoms with Crippen molar-refractivity contribution in [1.82, 2.24) is 4.90 Å². The Kier molecular flexibility index (Phi) is 12.4. The van der Waals surface area contributed by atoms with Gasteiger partial charge in [-0.1, -0.05) is 118 Å². The Hall–Kier alpha value is -3.75. The van der Waals surface area contributed by atoms with Gasteiger partial charge in [-0.15, -0.1) is 0 Å². The molecule has 0 atom stereocenters. The molecule has 0 unspecified atom stereocenters. The van der Waals surface area contributed by atoms with Gasteiger partial charge in [-0.2, -0.15) is 0 Å². The minimum atomic E-state index is -3.66. The van der Waals surface area contributed by atoms with Crippen LogP contribution >= 0.6 is 0 Å². The SMILES string of the molecule is CCN(CC)C(=O)c1cc(C)ccc1S(=O)(=O)CC(C)(C)c1ccccc1.Cc1ccc(S(=O)(=O)CC(C)(C)c2ccccc2)cc1. The molecule has 0 radical (unpaired) electrons. The lowest BCUT2D eigenvalue weighted by Gasteiger charge is -2.26. The summed E-state index contributed by atoms with van der Waals surface area (Å²) in [6.07, 6.45) is 0. The molecule has 4 aromatic carbocycles. The molecule has 0 fully saturated rings. The lowest BCUT2D eigenvalue weighted by molar-refractivity contribution is 0.0769. The summed E-state index contributed by atoms with van der Waals surface area (Å²) in [4.78, 5) is 15.1. The highest BCUT2D eigenvalue weighted by Gasteiger charge is 2.33. The molecule has 8 heteroatoms. The van der Waals surface area contributed by atoms with E-state index in [1.165, 1.54) is 0 Å². The molecule has 4 rings (SSSR count). The smallest absolute Gasteiger partial charge is 0.255 e. The Morgan fingerprint density at radius 1 is 0.596 bits per heavy atom. The summed E-state index contributed by atoms with van der Waals surface area (Å²) in [7, 11) is -6.94. The van der Waals surface area contributed by atoms with Gasteiger partial charge >= 0.3 is 0 Å². The maximum absolute atomic E-state index is 13.3. The molecule has 0 bridgehead atoms. The number of hydrogen-bond donors (Lipinski definition) is 0. The van der Waals surface area contributed by atoms with Crippen LogP contribution in [0.4, 0.5) is 0 Å². The third-order valence-electron chi connectivity index (χ3n) is 8.34. The van der Waals surface area contributed by atoms with Gasteiger partial charge in [0.1, 0.15) is 0 Å². The Morgan fingerprint density at radius 2 is 1.02 bits per heavy atom. The highest BCUT2D eigenvalue weighted by atomic mass is 32.2. The lowest BCUT2D eigenvalue weighted by atomic mass is 9.87. The van der Waals surface area contributed by atoms with Gasteiger partial charge < -0.3 is 4.90 Å². The zero-order valence-corrected chi connectivity index (χ0v) is 30.6. The fourth-order valence-electron chi connectivity index (χ4n) is 5.57. The van der Waals surface area contributed by atoms with E-state index in [0.29, 0.717) is 18.0 Å². The summed E-state index contributed by atoms with van der Waals surface area (Å²) in [5.74, 6) is -0.196. The van der Waals surface area contributed by atoms with Crippen molar-refractivity contribution < 1.29 is 21.6 Å². The molecular weight excluding hydrogens is 627 g/mol. The average molecular weight is 676 g/mol. The van der Waals surface area contributed by atoms with Gasteiger partial charge in [0.05, 0.1) is 26.9 Å². The topological polar surface area (TPSA) is 88.6 Å². The molecule has 0 aliphatic carbocycles. The number of benzene rings is 4. The highest BCUT2D eigenvalue weighted by Crippen LogP contribution is 2.30. The van der Waals surface area contributed by atoms with Gasteiger partial charge in [-0.05, 0) is 63.1 Å². The zero-order chi connectivity index (χ0) is 35.0. The molecule has 0 aliphatic heterocycles. The number of rotatable bonds is 11. The van der Waals surface area contributed by atoms with Crippen molar-refractivity contribution in [2.75, 3.05) is 24.6 Å². The molecule has 252 valence electrons. The van der Waals surface area contributed by atoms with Gasteiger partial charge in [0.2, 0.25) is 0 Å². The van der Waals surface area contributed by atoms with Crippen LogP contribution in [0.3, 0.4) is 0 Å². The Morgan fingerprint density at radius 3 is 1.47 bits per heavy atom. The second-order valence-electron chi connectivity index (χ2n) is 13.3. The first-order chi connectivity index (χ1) is 21.9. The number of carbonyl (C=O) groups is 1. The van der Waals surface area contributed by atoms with E-state index in [4.69, 9.17) is 0 Å². The molecule has 0 N–H and O–H groups in total. The third kappa shape index (κ3) is 9.88. The Balaban J connectivity index is 0.000000267. The fraction of sp³-hybridized carbons (Fsp3) is 0.359. The van der Waals surface area contributed by atoms with Crippen LogP contribution < -0.4 is 0 Å². The maximum Gasteiger partial charge on any atom is 0.255 e. The molecule has 47 heavy (non-hydrogen) atoms. The Labute approximate surface area is 282 Å². The number of hydrogen-bond acceptors (Lipinski definition) is 5. The molecule has 4 aromatic rings. The minimum Gasteiger partial charge on any atom is -0.339 e. The molecule has 0 aromatic heterocycles. The van der Waals surface area contributed by atoms with Crippen LogP contribution in [0.25, 0.3) is 0 Å². The highest BCUT2D eigenvalue weighted by molar-refractivity contribution is 7.91. The monoisotopic (exact) mass is 675 g/mol. The van der Waals surface area contributed by atoms with Crippen LogP contribution in [-0.4, -0.2) is 52.2 Å². The van der Waals surface area contributed by atoms with Gasteiger partial charge in [0.15, 0.2) is 19.7 Å². The summed E-state index contributed by atoms with van der Waals surface area (Å²) >= 11 is 0. The molecule has 0 saturated heterocycles. The quantitative estimate of drug-likeness (QED) is 0.161. The van der Waals surface area contributed by atoms with Crippen LogP contribution in [0.2, 0.25) is 0 Å². The second-order valence-corrected chi connectivity index (χ2v) is 17.3. The average Bonchev–Trinajstić information content (AvgIpc) is 3.02. The van der Waals surface area contributed by atoms with E-state index in [1.807, 2.05) is 128 Å². The molecule has 6 nitrogen and oxygen atoms in total. The van der Waals surface area contributed by atoms with Crippen molar-refractivity contribution in [3.8, 4) is 0 Å². The summed E-state index contributed by atoms with van der Waals surface area (Å²) in [5, 5.41) is 0. The molecular formula is C39H49NO5S2. The number of carbonyl (C=O) groups excluding carboxylic acids is 1. The number of aryl methyl sites for hydroxylation is 2. The first-order valence-corrected chi connectivity index (χ1v) is 19.3. The molecule has 0 heterocycles. The van der Waals surface area contributed by atoms with Crippen LogP contribution in [-0.2, 0) is 30.5 Å². The van der Waals surface area contributed by atoms with Crippen LogP contribution in [0.1, 0.15) is 74.2 Å². The molecule has 1 amide bonds. The van der Waals surface area contributed by atoms with E-state index in [2.05, 4.69) is 0 Å². The van der Waals surface area contributed by atoms with Crippen molar-refractivity contribution in [2.45, 2.75) is 76.0 Å². The Bertz CT molecular complexity index is 1840. The van der Waals surface area contributed by atoms with Crippen LogP contribution in [0.15, 0.2) is 113 Å². The van der Waals surface area contributed by atoms with Crippen molar-refractivity contribution in [3.63, 3.8) is 0 Å². The first-order valence-electron chi connectivity index (χ1n) is 16.0. The van der Waals surface area contributed by atoms with E-state index >= 15 is 0 Å². The van der Waals surface area contributed by atoms with Crippen molar-refractivity contribution >= 4 is 25.6 Å². The number of amides is 1. The van der Waals surface area contributed by atoms with E-state index in [0.717, 1.165) is 22.3 Å². The normalized spacial score (nSPS) is 12.2. The largest absolute Gasteiger partial charge is 0.339 e. The first kappa shape index (κ1) is 37.7.